The molecule has 0 N–H and O–H groups in total. The molecule has 0 heterocycles. The highest BCUT2D eigenvalue weighted by molar-refractivity contribution is 6.30. The third-order valence-electron chi connectivity index (χ3n) is 5.68. The molecule has 3 aromatic carbocycles. The van der Waals surface area contributed by atoms with Crippen molar-refractivity contribution in [2.75, 3.05) is 0 Å². The number of halogens is 1. The maximum atomic E-state index is 12.5. The van der Waals surface area contributed by atoms with E-state index in [4.69, 9.17) is 25.8 Å². The molecule has 0 spiro atoms. The molecule has 0 amide bonds. The summed E-state index contributed by atoms with van der Waals surface area (Å²) in [5.41, 5.74) is 2.20. The average Bonchev–Trinajstić information content (AvgIpc) is 2.82. The van der Waals surface area contributed by atoms with Gasteiger partial charge in [-0.3, -0.25) is 0 Å². The van der Waals surface area contributed by atoms with Crippen LogP contribution >= 0.6 is 11.6 Å². The van der Waals surface area contributed by atoms with Gasteiger partial charge in [0.2, 0.25) is 0 Å². The topological polar surface area (TPSA) is 61.8 Å². The minimum absolute atomic E-state index is 0.165. The summed E-state index contributed by atoms with van der Waals surface area (Å²) in [6.45, 7) is 10.6. The summed E-state index contributed by atoms with van der Waals surface area (Å²) < 4.78 is 17.9. The van der Waals surface area contributed by atoms with E-state index in [1.807, 2.05) is 36.4 Å². The van der Waals surface area contributed by atoms with Crippen molar-refractivity contribution in [1.82, 2.24) is 0 Å². The Bertz CT molecular complexity index is 1310. The van der Waals surface area contributed by atoms with Gasteiger partial charge in [-0.1, -0.05) is 49.0 Å². The smallest absolute Gasteiger partial charge is 0.338 e. The van der Waals surface area contributed by atoms with Crippen LogP contribution < -0.4 is 14.2 Å². The van der Waals surface area contributed by atoms with Crippen molar-refractivity contribution in [3.63, 3.8) is 0 Å². The second-order valence-corrected chi connectivity index (χ2v) is 8.87. The molecule has 0 aromatic heterocycles. The fourth-order valence-electron chi connectivity index (χ4n) is 3.99. The van der Waals surface area contributed by atoms with Crippen LogP contribution in [0.5, 0.6) is 17.2 Å². The molecule has 1 aliphatic rings. The molecular weight excluding hydrogens is 452 g/mol. The van der Waals surface area contributed by atoms with Crippen LogP contribution in [0, 0.1) is 0 Å². The molecule has 0 radical (unpaired) electrons. The molecule has 1 atom stereocenters. The molecule has 1 aliphatic carbocycles. The lowest BCUT2D eigenvalue weighted by Crippen LogP contribution is -2.27. The van der Waals surface area contributed by atoms with Crippen LogP contribution in [0.1, 0.15) is 31.4 Å². The van der Waals surface area contributed by atoms with Crippen LogP contribution in [0.2, 0.25) is 5.02 Å². The zero-order chi connectivity index (χ0) is 24.4. The number of fused-ring (bicyclic) bond motifs is 2. The van der Waals surface area contributed by atoms with Crippen LogP contribution in [-0.2, 0) is 22.4 Å². The van der Waals surface area contributed by atoms with Gasteiger partial charge in [0.1, 0.15) is 23.4 Å². The van der Waals surface area contributed by atoms with E-state index in [0.717, 1.165) is 11.1 Å². The molecule has 5 nitrogen and oxygen atoms in total. The van der Waals surface area contributed by atoms with Crippen molar-refractivity contribution in [2.24, 2.45) is 0 Å². The minimum atomic E-state index is -0.514. The first-order valence-electron chi connectivity index (χ1n) is 11.0. The molecule has 1 unspecified atom stereocenters. The largest absolute Gasteiger partial charge is 0.490 e. The maximum Gasteiger partial charge on any atom is 0.338 e. The summed E-state index contributed by atoms with van der Waals surface area (Å²) in [4.78, 5) is 25.0. The van der Waals surface area contributed by atoms with E-state index in [9.17, 15) is 9.59 Å². The number of hydrogen-bond donors (Lipinski definition) is 0. The third-order valence-corrected chi connectivity index (χ3v) is 5.93. The average molecular weight is 477 g/mol. The second kappa shape index (κ2) is 9.74. The quantitative estimate of drug-likeness (QED) is 0.234. The molecule has 0 saturated heterocycles. The number of esters is 2. The summed E-state index contributed by atoms with van der Waals surface area (Å²) in [7, 11) is 0. The number of ether oxygens (including phenoxy) is 3. The standard InChI is InChI=1S/C28H25ClO5/c1-16(2)27(30)33-25-21-7-5-6-8-22(21)26(34-28(31)17(3)4)24-15-20(13-14-23(24)25)32-19-11-9-18(29)10-12-19/h5-12,20H,1,3,13-15H2,2,4H3. The van der Waals surface area contributed by atoms with E-state index in [1.54, 1.807) is 26.0 Å². The van der Waals surface area contributed by atoms with E-state index < -0.39 is 11.9 Å². The maximum absolute atomic E-state index is 12.5. The monoisotopic (exact) mass is 476 g/mol. The van der Waals surface area contributed by atoms with E-state index in [-0.39, 0.29) is 6.10 Å². The lowest BCUT2D eigenvalue weighted by atomic mass is 9.85. The summed E-state index contributed by atoms with van der Waals surface area (Å²) in [5, 5.41) is 2.00. The molecule has 0 aliphatic heterocycles. The minimum Gasteiger partial charge on any atom is -0.490 e. The Kier molecular flexibility index (Phi) is 6.75. The molecular formula is C28H25ClO5. The molecule has 174 valence electrons. The number of benzene rings is 3. The highest BCUT2D eigenvalue weighted by Gasteiger charge is 2.31. The van der Waals surface area contributed by atoms with Crippen molar-refractivity contribution >= 4 is 34.3 Å². The van der Waals surface area contributed by atoms with Gasteiger partial charge in [0.05, 0.1) is 0 Å². The van der Waals surface area contributed by atoms with E-state index in [0.29, 0.717) is 63.5 Å². The van der Waals surface area contributed by atoms with Gasteiger partial charge in [-0.15, -0.1) is 0 Å². The second-order valence-electron chi connectivity index (χ2n) is 8.44. The first-order chi connectivity index (χ1) is 16.2. The van der Waals surface area contributed by atoms with Crippen LogP contribution in [-0.4, -0.2) is 18.0 Å². The molecule has 6 heteroatoms. The Hall–Kier alpha value is -3.57. The number of rotatable bonds is 6. The van der Waals surface area contributed by atoms with Crippen LogP contribution in [0.25, 0.3) is 10.8 Å². The molecule has 4 rings (SSSR count). The Morgan fingerprint density at radius 1 is 0.853 bits per heavy atom. The van der Waals surface area contributed by atoms with Gasteiger partial charge in [-0.05, 0) is 51.0 Å². The summed E-state index contributed by atoms with van der Waals surface area (Å²) in [6.07, 6.45) is 1.58. The molecule has 0 fully saturated rings. The molecule has 34 heavy (non-hydrogen) atoms. The fourth-order valence-corrected chi connectivity index (χ4v) is 4.12. The predicted octanol–water partition coefficient (Wildman–Crippen LogP) is 6.39. The van der Waals surface area contributed by atoms with E-state index in [1.165, 1.54) is 0 Å². The Morgan fingerprint density at radius 3 is 1.91 bits per heavy atom. The van der Waals surface area contributed by atoms with Gasteiger partial charge < -0.3 is 14.2 Å². The zero-order valence-corrected chi connectivity index (χ0v) is 19.9. The van der Waals surface area contributed by atoms with Crippen LogP contribution in [0.4, 0.5) is 0 Å². The van der Waals surface area contributed by atoms with Crippen molar-refractivity contribution in [1.29, 1.82) is 0 Å². The van der Waals surface area contributed by atoms with Crippen LogP contribution in [0.3, 0.4) is 0 Å². The highest BCUT2D eigenvalue weighted by Crippen LogP contribution is 2.45. The lowest BCUT2D eigenvalue weighted by Gasteiger charge is -2.29. The SMILES string of the molecule is C=C(C)C(=O)Oc1c2c(c(OC(=O)C(=C)C)c3ccccc13)CC(Oc1ccc(Cl)cc1)CC2. The fraction of sp³-hybridized carbons (Fsp3) is 0.214. The first-order valence-corrected chi connectivity index (χ1v) is 11.4. The van der Waals surface area contributed by atoms with Gasteiger partial charge in [0.15, 0.2) is 0 Å². The van der Waals surface area contributed by atoms with Crippen molar-refractivity contribution in [3.05, 3.63) is 89.0 Å². The molecule has 0 saturated carbocycles. The van der Waals surface area contributed by atoms with Gasteiger partial charge >= 0.3 is 11.9 Å². The predicted molar refractivity (Wildman–Crippen MR) is 133 cm³/mol. The van der Waals surface area contributed by atoms with Gasteiger partial charge in [-0.25, -0.2) is 9.59 Å². The Balaban J connectivity index is 1.83. The summed E-state index contributed by atoms with van der Waals surface area (Å²) in [5.74, 6) is 0.600. The summed E-state index contributed by atoms with van der Waals surface area (Å²) in [6, 6.07) is 14.6. The molecule has 3 aromatic rings. The normalized spacial score (nSPS) is 14.7. The van der Waals surface area contributed by atoms with Crippen LogP contribution in [0.15, 0.2) is 72.8 Å². The van der Waals surface area contributed by atoms with E-state index in [2.05, 4.69) is 13.2 Å². The molecule has 0 bridgehead atoms. The van der Waals surface area contributed by atoms with Crippen molar-refractivity contribution in [2.45, 2.75) is 39.2 Å². The van der Waals surface area contributed by atoms with Crippen molar-refractivity contribution in [3.8, 4) is 17.2 Å². The number of carbonyl (C=O) groups is 2. The van der Waals surface area contributed by atoms with Gasteiger partial charge in [-0.2, -0.15) is 0 Å². The number of carbonyl (C=O) groups excluding carboxylic acids is 2. The Morgan fingerprint density at radius 2 is 1.38 bits per heavy atom. The summed E-state index contributed by atoms with van der Waals surface area (Å²) >= 11 is 5.99. The third kappa shape index (κ3) is 4.85. The zero-order valence-electron chi connectivity index (χ0n) is 19.2. The highest BCUT2D eigenvalue weighted by atomic mass is 35.5. The lowest BCUT2D eigenvalue weighted by molar-refractivity contribution is -0.131. The first kappa shape index (κ1) is 23.6. The van der Waals surface area contributed by atoms with Gasteiger partial charge in [0.25, 0.3) is 0 Å². The van der Waals surface area contributed by atoms with E-state index >= 15 is 0 Å². The van der Waals surface area contributed by atoms with Gasteiger partial charge in [0, 0.05) is 44.5 Å². The number of hydrogen-bond acceptors (Lipinski definition) is 5. The Labute approximate surface area is 203 Å². The van der Waals surface area contributed by atoms with Crippen molar-refractivity contribution < 1.29 is 23.8 Å².